The van der Waals surface area contributed by atoms with E-state index in [-0.39, 0.29) is 10.7 Å². The first-order chi connectivity index (χ1) is 9.92. The van der Waals surface area contributed by atoms with Crippen molar-refractivity contribution in [1.82, 2.24) is 4.98 Å². The minimum Gasteiger partial charge on any atom is -0.321 e. The maximum absolute atomic E-state index is 12.3. The average molecular weight is 370 g/mol. The van der Waals surface area contributed by atoms with Crippen molar-refractivity contribution in [1.29, 1.82) is 0 Å². The summed E-state index contributed by atoms with van der Waals surface area (Å²) < 4.78 is 1.02. The number of aromatic nitrogens is 1. The lowest BCUT2D eigenvalue weighted by atomic mass is 10.1. The molecule has 1 aromatic carbocycles. The normalized spacial score (nSPS) is 10.3. The Morgan fingerprint density at radius 2 is 1.90 bits per heavy atom. The molecule has 0 aliphatic rings. The van der Waals surface area contributed by atoms with Crippen LogP contribution in [0, 0.1) is 13.8 Å². The second-order valence-corrected chi connectivity index (χ2v) is 5.75. The summed E-state index contributed by atoms with van der Waals surface area (Å²) in [6.07, 6.45) is 0. The van der Waals surface area contributed by atoms with Crippen LogP contribution in [0.3, 0.4) is 0 Å². The third-order valence-electron chi connectivity index (χ3n) is 2.90. The molecule has 0 saturated heterocycles. The molecule has 2 rings (SSSR count). The van der Waals surface area contributed by atoms with Gasteiger partial charge in [0.1, 0.15) is 11.5 Å². The van der Waals surface area contributed by atoms with Gasteiger partial charge in [-0.3, -0.25) is 4.79 Å². The van der Waals surface area contributed by atoms with Crippen LogP contribution in [0.2, 0.25) is 5.02 Å². The first-order valence-electron chi connectivity index (χ1n) is 6.13. The zero-order valence-electron chi connectivity index (χ0n) is 11.5. The van der Waals surface area contributed by atoms with Crippen LogP contribution in [0.25, 0.3) is 0 Å². The molecule has 2 aromatic rings. The topological polar surface area (TPSA) is 80.0 Å². The van der Waals surface area contributed by atoms with Gasteiger partial charge in [0, 0.05) is 10.2 Å². The molecular formula is C14H14BrClN4O. The van der Waals surface area contributed by atoms with Crippen molar-refractivity contribution in [2.45, 2.75) is 13.8 Å². The van der Waals surface area contributed by atoms with E-state index in [4.69, 9.17) is 17.4 Å². The minimum absolute atomic E-state index is 0.116. The van der Waals surface area contributed by atoms with Crippen LogP contribution in [-0.2, 0) is 0 Å². The van der Waals surface area contributed by atoms with Gasteiger partial charge in [0.05, 0.1) is 5.02 Å². The SMILES string of the molecule is Cc1cc(NC(=O)c2nc(NN)ccc2Cl)cc(C)c1Br. The molecule has 0 bridgehead atoms. The second-order valence-electron chi connectivity index (χ2n) is 4.55. The van der Waals surface area contributed by atoms with Gasteiger partial charge in [0.2, 0.25) is 0 Å². The molecule has 0 fully saturated rings. The Kier molecular flexibility index (Phi) is 4.82. The number of carbonyl (C=O) groups is 1. The number of amides is 1. The van der Waals surface area contributed by atoms with Gasteiger partial charge in [0.25, 0.3) is 5.91 Å². The van der Waals surface area contributed by atoms with Crippen molar-refractivity contribution in [3.8, 4) is 0 Å². The Labute approximate surface area is 136 Å². The highest BCUT2D eigenvalue weighted by Crippen LogP contribution is 2.26. The number of nitrogen functional groups attached to an aromatic ring is 1. The molecule has 1 heterocycles. The van der Waals surface area contributed by atoms with E-state index in [1.807, 2.05) is 26.0 Å². The molecule has 0 aliphatic heterocycles. The van der Waals surface area contributed by atoms with Crippen molar-refractivity contribution in [2.24, 2.45) is 5.84 Å². The first-order valence-corrected chi connectivity index (χ1v) is 7.30. The Balaban J connectivity index is 2.30. The Hall–Kier alpha value is -1.63. The number of nitrogens with two attached hydrogens (primary N) is 1. The third kappa shape index (κ3) is 3.53. The molecule has 7 heteroatoms. The average Bonchev–Trinajstić information content (AvgIpc) is 2.45. The lowest BCUT2D eigenvalue weighted by molar-refractivity contribution is 0.102. The molecular weight excluding hydrogens is 356 g/mol. The number of hydrogen-bond acceptors (Lipinski definition) is 4. The smallest absolute Gasteiger partial charge is 0.275 e. The largest absolute Gasteiger partial charge is 0.321 e. The molecule has 110 valence electrons. The number of rotatable bonds is 3. The van der Waals surface area contributed by atoms with Gasteiger partial charge < -0.3 is 10.7 Å². The molecule has 0 radical (unpaired) electrons. The van der Waals surface area contributed by atoms with Crippen molar-refractivity contribution in [3.05, 3.63) is 50.6 Å². The Morgan fingerprint density at radius 1 is 1.29 bits per heavy atom. The van der Waals surface area contributed by atoms with E-state index in [2.05, 4.69) is 31.7 Å². The summed E-state index contributed by atoms with van der Waals surface area (Å²) in [5.41, 5.74) is 5.24. The third-order valence-corrected chi connectivity index (χ3v) is 4.46. The van der Waals surface area contributed by atoms with Crippen LogP contribution < -0.4 is 16.6 Å². The number of anilines is 2. The Bertz CT molecular complexity index is 682. The summed E-state index contributed by atoms with van der Waals surface area (Å²) in [6.45, 7) is 3.91. The van der Waals surface area contributed by atoms with Gasteiger partial charge >= 0.3 is 0 Å². The van der Waals surface area contributed by atoms with Crippen LogP contribution in [0.1, 0.15) is 21.6 Å². The van der Waals surface area contributed by atoms with Crippen LogP contribution in [-0.4, -0.2) is 10.9 Å². The monoisotopic (exact) mass is 368 g/mol. The number of hydrazine groups is 1. The summed E-state index contributed by atoms with van der Waals surface area (Å²) in [7, 11) is 0. The van der Waals surface area contributed by atoms with Gasteiger partial charge in [-0.05, 0) is 49.2 Å². The molecule has 5 nitrogen and oxygen atoms in total. The zero-order chi connectivity index (χ0) is 15.6. The molecule has 0 atom stereocenters. The molecule has 1 aromatic heterocycles. The number of nitrogens with one attached hydrogen (secondary N) is 2. The highest BCUT2D eigenvalue weighted by atomic mass is 79.9. The van der Waals surface area contributed by atoms with E-state index in [0.717, 1.165) is 15.6 Å². The summed E-state index contributed by atoms with van der Waals surface area (Å²) in [6, 6.07) is 6.89. The first kappa shape index (κ1) is 15.8. The summed E-state index contributed by atoms with van der Waals surface area (Å²) in [5, 5.41) is 3.05. The van der Waals surface area contributed by atoms with Crippen molar-refractivity contribution in [3.63, 3.8) is 0 Å². The predicted octanol–water partition coefficient (Wildman–Crippen LogP) is 3.65. The number of pyridine rings is 1. The Morgan fingerprint density at radius 3 is 2.48 bits per heavy atom. The van der Waals surface area contributed by atoms with Gasteiger partial charge in [-0.15, -0.1) is 0 Å². The van der Waals surface area contributed by atoms with Crippen LogP contribution in [0.5, 0.6) is 0 Å². The van der Waals surface area contributed by atoms with E-state index in [9.17, 15) is 4.79 Å². The lowest BCUT2D eigenvalue weighted by Gasteiger charge is -2.10. The van der Waals surface area contributed by atoms with E-state index >= 15 is 0 Å². The van der Waals surface area contributed by atoms with Crippen LogP contribution in [0.4, 0.5) is 11.5 Å². The number of aryl methyl sites for hydroxylation is 2. The number of nitrogens with zero attached hydrogens (tertiary/aromatic N) is 1. The quantitative estimate of drug-likeness (QED) is 0.570. The van der Waals surface area contributed by atoms with Crippen LogP contribution in [0.15, 0.2) is 28.7 Å². The predicted molar refractivity (Wildman–Crippen MR) is 88.6 cm³/mol. The van der Waals surface area contributed by atoms with Crippen molar-refractivity contribution in [2.75, 3.05) is 10.7 Å². The summed E-state index contributed by atoms with van der Waals surface area (Å²) >= 11 is 9.49. The van der Waals surface area contributed by atoms with Crippen molar-refractivity contribution < 1.29 is 4.79 Å². The zero-order valence-corrected chi connectivity index (χ0v) is 13.8. The number of carbonyl (C=O) groups excluding carboxylic acids is 1. The van der Waals surface area contributed by atoms with Gasteiger partial charge in [-0.2, -0.15) is 0 Å². The fourth-order valence-electron chi connectivity index (χ4n) is 1.89. The van der Waals surface area contributed by atoms with E-state index < -0.39 is 5.91 Å². The number of benzene rings is 1. The second kappa shape index (κ2) is 6.43. The molecule has 0 unspecified atom stereocenters. The van der Waals surface area contributed by atoms with Gasteiger partial charge in [0.15, 0.2) is 0 Å². The van der Waals surface area contributed by atoms with Gasteiger partial charge in [-0.25, -0.2) is 10.8 Å². The van der Waals surface area contributed by atoms with Gasteiger partial charge in [-0.1, -0.05) is 27.5 Å². The summed E-state index contributed by atoms with van der Waals surface area (Å²) in [4.78, 5) is 16.3. The molecule has 0 aliphatic carbocycles. The highest BCUT2D eigenvalue weighted by molar-refractivity contribution is 9.10. The molecule has 1 amide bonds. The molecule has 4 N–H and O–H groups in total. The molecule has 0 spiro atoms. The van der Waals surface area contributed by atoms with E-state index in [1.54, 1.807) is 12.1 Å². The maximum Gasteiger partial charge on any atom is 0.275 e. The lowest BCUT2D eigenvalue weighted by Crippen LogP contribution is -2.17. The summed E-state index contributed by atoms with van der Waals surface area (Å²) in [5.74, 6) is 5.26. The van der Waals surface area contributed by atoms with Crippen LogP contribution >= 0.6 is 27.5 Å². The van der Waals surface area contributed by atoms with E-state index in [0.29, 0.717) is 11.5 Å². The maximum atomic E-state index is 12.3. The fraction of sp³-hybridized carbons (Fsp3) is 0.143. The number of halogens is 2. The standard InChI is InChI=1S/C14H14BrClN4O/c1-7-5-9(6-8(2)12(7)15)18-14(21)13-10(16)3-4-11(19-13)20-17/h3-6H,17H2,1-2H3,(H,18,21)(H,19,20). The van der Waals surface area contributed by atoms with E-state index in [1.165, 1.54) is 0 Å². The van der Waals surface area contributed by atoms with Crippen molar-refractivity contribution >= 4 is 44.9 Å². The number of hydrogen-bond donors (Lipinski definition) is 3. The molecule has 0 saturated carbocycles. The molecule has 21 heavy (non-hydrogen) atoms. The fourth-order valence-corrected chi connectivity index (χ4v) is 2.31. The highest BCUT2D eigenvalue weighted by Gasteiger charge is 2.14. The minimum atomic E-state index is -0.391.